The van der Waals surface area contributed by atoms with Gasteiger partial charge in [-0.15, -0.1) is 0 Å². The quantitative estimate of drug-likeness (QED) is 0.670. The van der Waals surface area contributed by atoms with Crippen molar-refractivity contribution in [1.82, 2.24) is 4.90 Å². The molecule has 0 aliphatic heterocycles. The lowest BCUT2D eigenvalue weighted by atomic mass is 9.87. The fraction of sp³-hybridized carbons (Fsp3) is 1.00. The second kappa shape index (κ2) is 8.08. The van der Waals surface area contributed by atoms with Gasteiger partial charge < -0.3 is 10.8 Å². The van der Waals surface area contributed by atoms with Crippen molar-refractivity contribution in [1.29, 1.82) is 0 Å². The molecule has 0 radical (unpaired) electrons. The van der Waals surface area contributed by atoms with Crippen LogP contribution in [0.2, 0.25) is 0 Å². The number of nitrogens with two attached hydrogens (primary N) is 1. The number of hydrogen-bond donors (Lipinski definition) is 2. The lowest BCUT2D eigenvalue weighted by Crippen LogP contribution is -2.33. The lowest BCUT2D eigenvalue weighted by molar-refractivity contribution is 0.183. The molecular formula is C12H26N2O. The van der Waals surface area contributed by atoms with Gasteiger partial charge in [0.05, 0.1) is 6.61 Å². The van der Waals surface area contributed by atoms with Crippen molar-refractivity contribution in [3.63, 3.8) is 0 Å². The third kappa shape index (κ3) is 5.50. The first-order valence-corrected chi connectivity index (χ1v) is 6.40. The number of aliphatic hydroxyl groups is 1. The van der Waals surface area contributed by atoms with Crippen LogP contribution in [0.3, 0.4) is 0 Å². The van der Waals surface area contributed by atoms with Gasteiger partial charge in [-0.1, -0.05) is 32.1 Å². The van der Waals surface area contributed by atoms with Crippen molar-refractivity contribution < 1.29 is 5.11 Å². The summed E-state index contributed by atoms with van der Waals surface area (Å²) in [4.78, 5) is 2.29. The molecule has 1 aliphatic rings. The molecule has 0 saturated heterocycles. The summed E-state index contributed by atoms with van der Waals surface area (Å²) in [6.07, 6.45) is 8.38. The van der Waals surface area contributed by atoms with Gasteiger partial charge in [0.25, 0.3) is 0 Å². The van der Waals surface area contributed by atoms with Crippen molar-refractivity contribution in [2.75, 3.05) is 32.8 Å². The second-order valence-electron chi connectivity index (χ2n) is 4.65. The first kappa shape index (κ1) is 12.9. The zero-order chi connectivity index (χ0) is 10.9. The Hall–Kier alpha value is -0.120. The van der Waals surface area contributed by atoms with Crippen molar-refractivity contribution in [3.8, 4) is 0 Å². The molecule has 0 unspecified atom stereocenters. The lowest BCUT2D eigenvalue weighted by Gasteiger charge is -2.26. The highest BCUT2D eigenvalue weighted by Crippen LogP contribution is 2.26. The maximum absolute atomic E-state index is 8.92. The highest BCUT2D eigenvalue weighted by molar-refractivity contribution is 4.68. The predicted molar refractivity (Wildman–Crippen MR) is 63.8 cm³/mol. The summed E-state index contributed by atoms with van der Waals surface area (Å²) >= 11 is 0. The van der Waals surface area contributed by atoms with Crippen LogP contribution < -0.4 is 5.73 Å². The molecule has 3 nitrogen and oxygen atoms in total. The molecule has 1 rings (SSSR count). The molecular weight excluding hydrogens is 188 g/mol. The average Bonchev–Trinajstić information content (AvgIpc) is 2.28. The summed E-state index contributed by atoms with van der Waals surface area (Å²) in [6, 6.07) is 0. The summed E-state index contributed by atoms with van der Waals surface area (Å²) < 4.78 is 0. The van der Waals surface area contributed by atoms with Crippen LogP contribution in [0.15, 0.2) is 0 Å². The Labute approximate surface area is 93.6 Å². The Bertz CT molecular complexity index is 141. The second-order valence-corrected chi connectivity index (χ2v) is 4.65. The van der Waals surface area contributed by atoms with E-state index in [1.165, 1.54) is 38.5 Å². The van der Waals surface area contributed by atoms with Gasteiger partial charge in [0.2, 0.25) is 0 Å². The molecule has 0 aromatic carbocycles. The molecule has 1 fully saturated rings. The standard InChI is InChI=1S/C12H26N2O/c13-7-9-14(10-11-15)8-6-12-4-2-1-3-5-12/h12,15H,1-11,13H2. The smallest absolute Gasteiger partial charge is 0.0558 e. The minimum absolute atomic E-state index is 0.255. The topological polar surface area (TPSA) is 49.5 Å². The fourth-order valence-corrected chi connectivity index (χ4v) is 2.50. The molecule has 3 N–H and O–H groups in total. The van der Waals surface area contributed by atoms with Gasteiger partial charge in [0, 0.05) is 19.6 Å². The third-order valence-electron chi connectivity index (χ3n) is 3.44. The zero-order valence-electron chi connectivity index (χ0n) is 9.83. The van der Waals surface area contributed by atoms with Crippen LogP contribution in [0.1, 0.15) is 38.5 Å². The minimum Gasteiger partial charge on any atom is -0.395 e. The van der Waals surface area contributed by atoms with Crippen LogP contribution in [0.5, 0.6) is 0 Å². The molecule has 0 aromatic heterocycles. The van der Waals surface area contributed by atoms with Crippen molar-refractivity contribution in [2.24, 2.45) is 11.7 Å². The van der Waals surface area contributed by atoms with Crippen LogP contribution in [-0.2, 0) is 0 Å². The van der Waals surface area contributed by atoms with Crippen molar-refractivity contribution in [3.05, 3.63) is 0 Å². The molecule has 0 bridgehead atoms. The van der Waals surface area contributed by atoms with E-state index in [4.69, 9.17) is 10.8 Å². The highest BCUT2D eigenvalue weighted by atomic mass is 16.3. The molecule has 0 aromatic rings. The molecule has 15 heavy (non-hydrogen) atoms. The summed E-state index contributed by atoms with van der Waals surface area (Å²) in [6.45, 7) is 3.77. The van der Waals surface area contributed by atoms with Crippen LogP contribution in [0, 0.1) is 5.92 Å². The van der Waals surface area contributed by atoms with Gasteiger partial charge in [0.1, 0.15) is 0 Å². The largest absolute Gasteiger partial charge is 0.395 e. The molecule has 0 heterocycles. The monoisotopic (exact) mass is 214 g/mol. The number of nitrogens with zero attached hydrogens (tertiary/aromatic N) is 1. The van der Waals surface area contributed by atoms with Gasteiger partial charge in [0.15, 0.2) is 0 Å². The van der Waals surface area contributed by atoms with E-state index >= 15 is 0 Å². The molecule has 1 aliphatic carbocycles. The fourth-order valence-electron chi connectivity index (χ4n) is 2.50. The van der Waals surface area contributed by atoms with Gasteiger partial charge in [-0.25, -0.2) is 0 Å². The Kier molecular flexibility index (Phi) is 6.98. The maximum Gasteiger partial charge on any atom is 0.0558 e. The molecule has 3 heteroatoms. The molecule has 0 spiro atoms. The molecule has 90 valence electrons. The van der Waals surface area contributed by atoms with E-state index in [-0.39, 0.29) is 6.61 Å². The van der Waals surface area contributed by atoms with Crippen LogP contribution in [0.4, 0.5) is 0 Å². The van der Waals surface area contributed by atoms with E-state index < -0.39 is 0 Å². The van der Waals surface area contributed by atoms with E-state index in [0.717, 1.165) is 25.6 Å². The normalized spacial score (nSPS) is 18.6. The number of rotatable bonds is 7. The Morgan fingerprint density at radius 3 is 2.40 bits per heavy atom. The average molecular weight is 214 g/mol. The highest BCUT2D eigenvalue weighted by Gasteiger charge is 2.14. The maximum atomic E-state index is 8.92. The summed E-state index contributed by atoms with van der Waals surface area (Å²) in [5, 5.41) is 8.92. The summed E-state index contributed by atoms with van der Waals surface area (Å²) in [7, 11) is 0. The van der Waals surface area contributed by atoms with Gasteiger partial charge in [-0.3, -0.25) is 4.90 Å². The minimum atomic E-state index is 0.255. The first-order chi connectivity index (χ1) is 7.36. The van der Waals surface area contributed by atoms with E-state index in [1.807, 2.05) is 0 Å². The van der Waals surface area contributed by atoms with Crippen molar-refractivity contribution in [2.45, 2.75) is 38.5 Å². The van der Waals surface area contributed by atoms with Crippen molar-refractivity contribution >= 4 is 0 Å². The third-order valence-corrected chi connectivity index (χ3v) is 3.44. The van der Waals surface area contributed by atoms with Gasteiger partial charge in [-0.05, 0) is 18.9 Å². The summed E-state index contributed by atoms with van der Waals surface area (Å²) in [5.41, 5.74) is 5.55. The Balaban J connectivity index is 2.13. The SMILES string of the molecule is NCCN(CCO)CCC1CCCCC1. The predicted octanol–water partition coefficient (Wildman–Crippen LogP) is 1.21. The summed E-state index contributed by atoms with van der Waals surface area (Å²) in [5.74, 6) is 0.928. The zero-order valence-corrected chi connectivity index (χ0v) is 9.83. The number of aliphatic hydroxyl groups excluding tert-OH is 1. The number of hydrogen-bond acceptors (Lipinski definition) is 3. The Morgan fingerprint density at radius 1 is 1.07 bits per heavy atom. The van der Waals surface area contributed by atoms with E-state index in [2.05, 4.69) is 4.90 Å². The van der Waals surface area contributed by atoms with Gasteiger partial charge >= 0.3 is 0 Å². The van der Waals surface area contributed by atoms with Crippen LogP contribution in [0.25, 0.3) is 0 Å². The molecule has 0 atom stereocenters. The molecule has 1 saturated carbocycles. The first-order valence-electron chi connectivity index (χ1n) is 6.40. The van der Waals surface area contributed by atoms with Crippen LogP contribution >= 0.6 is 0 Å². The van der Waals surface area contributed by atoms with E-state index in [1.54, 1.807) is 0 Å². The Morgan fingerprint density at radius 2 is 1.80 bits per heavy atom. The van der Waals surface area contributed by atoms with Crippen LogP contribution in [-0.4, -0.2) is 42.8 Å². The van der Waals surface area contributed by atoms with E-state index in [0.29, 0.717) is 6.54 Å². The van der Waals surface area contributed by atoms with Gasteiger partial charge in [-0.2, -0.15) is 0 Å². The van der Waals surface area contributed by atoms with E-state index in [9.17, 15) is 0 Å². The molecule has 0 amide bonds.